The molecule has 13 heavy (non-hydrogen) atoms. The lowest BCUT2D eigenvalue weighted by Crippen LogP contribution is -2.24. The van der Waals surface area contributed by atoms with Gasteiger partial charge in [0.25, 0.3) is 0 Å². The highest BCUT2D eigenvalue weighted by Gasteiger charge is 2.15. The fraction of sp³-hybridized carbons (Fsp3) is 0.900. The third-order valence-electron chi connectivity index (χ3n) is 1.81. The van der Waals surface area contributed by atoms with Gasteiger partial charge in [0.15, 0.2) is 5.78 Å². The van der Waals surface area contributed by atoms with Gasteiger partial charge in [-0.2, -0.15) is 11.8 Å². The summed E-state index contributed by atoms with van der Waals surface area (Å²) in [7, 11) is 0. The average molecular weight is 204 g/mol. The number of Topliss-reactive ketones (excluding diaryl/α,β-unsaturated/α-hetero) is 1. The van der Waals surface area contributed by atoms with Crippen LogP contribution in [0.1, 0.15) is 33.1 Å². The molecular weight excluding hydrogens is 184 g/mol. The van der Waals surface area contributed by atoms with Crippen LogP contribution in [-0.2, 0) is 9.53 Å². The molecule has 0 bridgehead atoms. The van der Waals surface area contributed by atoms with E-state index in [-0.39, 0.29) is 11.9 Å². The Morgan fingerprint density at radius 2 is 2.15 bits per heavy atom. The number of hydrogen-bond acceptors (Lipinski definition) is 3. The van der Waals surface area contributed by atoms with E-state index in [1.54, 1.807) is 11.8 Å². The first-order valence-corrected chi connectivity index (χ1v) is 6.28. The van der Waals surface area contributed by atoms with Gasteiger partial charge >= 0.3 is 0 Å². The molecule has 0 aliphatic rings. The van der Waals surface area contributed by atoms with Gasteiger partial charge in [-0.1, -0.05) is 13.8 Å². The van der Waals surface area contributed by atoms with Crippen LogP contribution in [-0.4, -0.2) is 30.5 Å². The van der Waals surface area contributed by atoms with Gasteiger partial charge in [-0.3, -0.25) is 4.79 Å². The summed E-state index contributed by atoms with van der Waals surface area (Å²) in [5, 5.41) is 0. The van der Waals surface area contributed by atoms with E-state index < -0.39 is 0 Å². The Hall–Kier alpha value is -0.0200. The van der Waals surface area contributed by atoms with Crippen LogP contribution in [0.2, 0.25) is 0 Å². The number of hydrogen-bond donors (Lipinski definition) is 0. The largest absolute Gasteiger partial charge is 0.370 e. The highest BCUT2D eigenvalue weighted by atomic mass is 32.2. The van der Waals surface area contributed by atoms with Crippen LogP contribution in [0.5, 0.6) is 0 Å². The van der Waals surface area contributed by atoms with Gasteiger partial charge < -0.3 is 4.74 Å². The van der Waals surface area contributed by atoms with Gasteiger partial charge in [-0.05, 0) is 24.9 Å². The Morgan fingerprint density at radius 1 is 1.46 bits per heavy atom. The van der Waals surface area contributed by atoms with Crippen molar-refractivity contribution in [3.8, 4) is 0 Å². The van der Waals surface area contributed by atoms with Crippen LogP contribution in [0.3, 0.4) is 0 Å². The molecule has 1 atom stereocenters. The molecule has 78 valence electrons. The van der Waals surface area contributed by atoms with E-state index in [4.69, 9.17) is 4.74 Å². The molecule has 0 aliphatic heterocycles. The predicted octanol–water partition coefficient (Wildman–Crippen LogP) is 2.51. The molecule has 0 aromatic heterocycles. The van der Waals surface area contributed by atoms with Gasteiger partial charge in [0.1, 0.15) is 6.10 Å². The van der Waals surface area contributed by atoms with Crippen LogP contribution in [0.15, 0.2) is 0 Å². The number of thioether (sulfide) groups is 1. The van der Waals surface area contributed by atoms with Gasteiger partial charge in [0.05, 0.1) is 0 Å². The zero-order valence-corrected chi connectivity index (χ0v) is 9.65. The van der Waals surface area contributed by atoms with Crippen LogP contribution >= 0.6 is 11.8 Å². The number of carbonyl (C=O) groups is 1. The number of ether oxygens (including phenoxy) is 1. The second kappa shape index (κ2) is 8.57. The fourth-order valence-corrected chi connectivity index (χ4v) is 1.50. The summed E-state index contributed by atoms with van der Waals surface area (Å²) in [4.78, 5) is 11.4. The fourth-order valence-electron chi connectivity index (χ4n) is 1.05. The Kier molecular flexibility index (Phi) is 8.56. The lowest BCUT2D eigenvalue weighted by Gasteiger charge is -2.14. The third-order valence-corrected chi connectivity index (χ3v) is 2.46. The van der Waals surface area contributed by atoms with E-state index in [1.165, 1.54) is 0 Å². The molecule has 1 unspecified atom stereocenters. The van der Waals surface area contributed by atoms with Crippen molar-refractivity contribution in [2.24, 2.45) is 0 Å². The summed E-state index contributed by atoms with van der Waals surface area (Å²) in [6.07, 6.45) is 4.31. The molecule has 0 saturated carbocycles. The minimum Gasteiger partial charge on any atom is -0.370 e. The summed E-state index contributed by atoms with van der Waals surface area (Å²) >= 11 is 1.76. The Morgan fingerprint density at radius 3 is 2.62 bits per heavy atom. The monoisotopic (exact) mass is 204 g/mol. The third kappa shape index (κ3) is 6.11. The van der Waals surface area contributed by atoms with Crippen LogP contribution in [0, 0.1) is 0 Å². The van der Waals surface area contributed by atoms with E-state index in [2.05, 4.69) is 6.92 Å². The lowest BCUT2D eigenvalue weighted by atomic mass is 10.1. The average Bonchev–Trinajstić information content (AvgIpc) is 2.17. The first-order valence-electron chi connectivity index (χ1n) is 4.89. The van der Waals surface area contributed by atoms with Crippen LogP contribution < -0.4 is 0 Å². The molecule has 2 nitrogen and oxygen atoms in total. The van der Waals surface area contributed by atoms with E-state index in [0.717, 1.165) is 18.6 Å². The summed E-state index contributed by atoms with van der Waals surface area (Å²) in [6, 6.07) is 0. The predicted molar refractivity (Wildman–Crippen MR) is 58.3 cm³/mol. The standard InChI is InChI=1S/C10H20O2S/c1-4-7-12-10(6-8-13-3)9(11)5-2/h10H,4-8H2,1-3H3. The van der Waals surface area contributed by atoms with E-state index in [1.807, 2.05) is 13.2 Å². The maximum Gasteiger partial charge on any atom is 0.161 e. The molecule has 0 aromatic carbocycles. The minimum absolute atomic E-state index is 0.155. The number of rotatable bonds is 8. The van der Waals surface area contributed by atoms with Crippen molar-refractivity contribution in [3.63, 3.8) is 0 Å². The normalized spacial score (nSPS) is 12.8. The topological polar surface area (TPSA) is 26.3 Å². The highest BCUT2D eigenvalue weighted by Crippen LogP contribution is 2.07. The summed E-state index contributed by atoms with van der Waals surface area (Å²) in [5.41, 5.74) is 0. The van der Waals surface area contributed by atoms with Crippen molar-refractivity contribution in [3.05, 3.63) is 0 Å². The molecule has 0 aliphatic carbocycles. The Labute approximate surface area is 85.4 Å². The number of ketones is 1. The summed E-state index contributed by atoms with van der Waals surface area (Å²) in [5.74, 6) is 1.24. The maximum atomic E-state index is 11.4. The first kappa shape index (κ1) is 13.0. The summed E-state index contributed by atoms with van der Waals surface area (Å²) < 4.78 is 5.48. The smallest absolute Gasteiger partial charge is 0.161 e. The second-order valence-corrected chi connectivity index (χ2v) is 3.95. The molecule has 0 fully saturated rings. The van der Waals surface area contributed by atoms with Crippen molar-refractivity contribution < 1.29 is 9.53 Å². The molecule has 3 heteroatoms. The lowest BCUT2D eigenvalue weighted by molar-refractivity contribution is -0.130. The Balaban J connectivity index is 3.79. The Bertz CT molecular complexity index is 129. The minimum atomic E-state index is -0.155. The van der Waals surface area contributed by atoms with Crippen LogP contribution in [0.25, 0.3) is 0 Å². The van der Waals surface area contributed by atoms with Gasteiger partial charge in [0.2, 0.25) is 0 Å². The molecule has 0 N–H and O–H groups in total. The van der Waals surface area contributed by atoms with Gasteiger partial charge in [-0.15, -0.1) is 0 Å². The molecular formula is C10H20O2S. The maximum absolute atomic E-state index is 11.4. The summed E-state index contributed by atoms with van der Waals surface area (Å²) in [6.45, 7) is 4.65. The molecule has 0 heterocycles. The first-order chi connectivity index (χ1) is 6.26. The molecule has 0 amide bonds. The van der Waals surface area contributed by atoms with Crippen molar-refractivity contribution in [1.29, 1.82) is 0 Å². The van der Waals surface area contributed by atoms with Crippen molar-refractivity contribution in [2.45, 2.75) is 39.2 Å². The van der Waals surface area contributed by atoms with Crippen molar-refractivity contribution in [1.82, 2.24) is 0 Å². The zero-order valence-electron chi connectivity index (χ0n) is 8.84. The van der Waals surface area contributed by atoms with Crippen molar-refractivity contribution >= 4 is 17.5 Å². The molecule has 0 aromatic rings. The molecule has 0 rings (SSSR count). The quantitative estimate of drug-likeness (QED) is 0.607. The highest BCUT2D eigenvalue weighted by molar-refractivity contribution is 7.98. The second-order valence-electron chi connectivity index (χ2n) is 2.96. The molecule has 0 spiro atoms. The van der Waals surface area contributed by atoms with Crippen LogP contribution in [0.4, 0.5) is 0 Å². The van der Waals surface area contributed by atoms with Gasteiger partial charge in [-0.25, -0.2) is 0 Å². The van der Waals surface area contributed by atoms with Crippen molar-refractivity contribution in [2.75, 3.05) is 18.6 Å². The number of carbonyl (C=O) groups excluding carboxylic acids is 1. The SMILES string of the molecule is CCCOC(CCSC)C(=O)CC. The van der Waals surface area contributed by atoms with E-state index in [0.29, 0.717) is 13.0 Å². The van der Waals surface area contributed by atoms with E-state index in [9.17, 15) is 4.79 Å². The molecule has 0 saturated heterocycles. The van der Waals surface area contributed by atoms with E-state index >= 15 is 0 Å². The zero-order chi connectivity index (χ0) is 10.1. The van der Waals surface area contributed by atoms with Gasteiger partial charge in [0, 0.05) is 13.0 Å². The molecule has 0 radical (unpaired) electrons.